The quantitative estimate of drug-likeness (QED) is 0.668. The van der Waals surface area contributed by atoms with Crippen LogP contribution in [-0.4, -0.2) is 47.3 Å². The van der Waals surface area contributed by atoms with Crippen molar-refractivity contribution < 1.29 is 27.9 Å². The summed E-state index contributed by atoms with van der Waals surface area (Å²) in [6, 6.07) is 11.0. The topological polar surface area (TPSA) is 101 Å². The molecule has 1 aliphatic heterocycles. The number of thioether (sulfide) groups is 1. The van der Waals surface area contributed by atoms with Crippen LogP contribution in [0.25, 0.3) is 0 Å². The van der Waals surface area contributed by atoms with Crippen molar-refractivity contribution in [1.29, 1.82) is 0 Å². The molecule has 2 aromatic carbocycles. The number of hydrogen-bond donors (Lipinski definition) is 1. The van der Waals surface area contributed by atoms with E-state index in [1.54, 1.807) is 30.3 Å². The van der Waals surface area contributed by atoms with E-state index in [0.29, 0.717) is 5.75 Å². The third-order valence-electron chi connectivity index (χ3n) is 3.78. The van der Waals surface area contributed by atoms with E-state index in [2.05, 4.69) is 15.9 Å². The highest BCUT2D eigenvalue weighted by Crippen LogP contribution is 2.33. The molecular formula is C17H14BrNO6S2. The SMILES string of the molecule is O=C(O)C1C(=O)SCCN1S(=O)(=O)c1ccccc1Oc1ccc(Br)cc1. The van der Waals surface area contributed by atoms with Crippen LogP contribution >= 0.6 is 27.7 Å². The lowest BCUT2D eigenvalue weighted by Crippen LogP contribution is -2.52. The van der Waals surface area contributed by atoms with Gasteiger partial charge in [0.15, 0.2) is 6.04 Å². The standard InChI is InChI=1S/C17H14BrNO6S2/c18-11-5-7-12(8-6-11)25-13-3-1-2-4-14(13)27(23,24)19-9-10-26-17(22)15(19)16(20)21/h1-8,15H,9-10H2,(H,20,21). The Morgan fingerprint density at radius 3 is 2.52 bits per heavy atom. The van der Waals surface area contributed by atoms with Crippen molar-refractivity contribution in [1.82, 2.24) is 4.31 Å². The van der Waals surface area contributed by atoms with Gasteiger partial charge in [0.1, 0.15) is 16.4 Å². The number of ether oxygens (including phenoxy) is 1. The molecule has 0 bridgehead atoms. The molecule has 7 nitrogen and oxygen atoms in total. The van der Waals surface area contributed by atoms with Crippen molar-refractivity contribution >= 4 is 48.8 Å². The summed E-state index contributed by atoms with van der Waals surface area (Å²) in [5, 5.41) is 8.64. The molecule has 3 rings (SSSR count). The predicted octanol–water partition coefficient (Wildman–Crippen LogP) is 2.96. The first-order valence-corrected chi connectivity index (χ1v) is 11.0. The Bertz CT molecular complexity index is 977. The fourth-order valence-corrected chi connectivity index (χ4v) is 5.53. The van der Waals surface area contributed by atoms with E-state index < -0.39 is 27.1 Å². The number of carbonyl (C=O) groups is 2. The van der Waals surface area contributed by atoms with Gasteiger partial charge in [-0.2, -0.15) is 4.31 Å². The highest BCUT2D eigenvalue weighted by atomic mass is 79.9. The zero-order valence-corrected chi connectivity index (χ0v) is 17.0. The average Bonchev–Trinajstić information content (AvgIpc) is 2.63. The molecule has 1 saturated heterocycles. The highest BCUT2D eigenvalue weighted by molar-refractivity contribution is 9.10. The number of carbonyl (C=O) groups excluding carboxylic acids is 1. The van der Waals surface area contributed by atoms with Crippen LogP contribution in [0.2, 0.25) is 0 Å². The van der Waals surface area contributed by atoms with Crippen LogP contribution in [-0.2, 0) is 19.6 Å². The summed E-state index contributed by atoms with van der Waals surface area (Å²) in [4.78, 5) is 23.3. The van der Waals surface area contributed by atoms with Gasteiger partial charge in [-0.25, -0.2) is 13.2 Å². The lowest BCUT2D eigenvalue weighted by atomic mass is 10.3. The van der Waals surface area contributed by atoms with Gasteiger partial charge >= 0.3 is 5.97 Å². The second-order valence-corrected chi connectivity index (χ2v) is 9.40. The minimum absolute atomic E-state index is 0.0506. The summed E-state index contributed by atoms with van der Waals surface area (Å²) in [5.41, 5.74) is 0. The van der Waals surface area contributed by atoms with Gasteiger partial charge in [0, 0.05) is 16.8 Å². The summed E-state index contributed by atoms with van der Waals surface area (Å²) >= 11 is 4.12. The molecule has 1 atom stereocenters. The Hall–Kier alpha value is -1.88. The van der Waals surface area contributed by atoms with Crippen LogP contribution < -0.4 is 4.74 Å². The molecule has 0 saturated carbocycles. The van der Waals surface area contributed by atoms with E-state index in [4.69, 9.17) is 4.74 Å². The van der Waals surface area contributed by atoms with Gasteiger partial charge < -0.3 is 9.84 Å². The maximum absolute atomic E-state index is 13.1. The molecule has 10 heteroatoms. The number of nitrogens with zero attached hydrogens (tertiary/aromatic N) is 1. The Labute approximate surface area is 168 Å². The molecule has 1 fully saturated rings. The molecule has 27 heavy (non-hydrogen) atoms. The van der Waals surface area contributed by atoms with Gasteiger partial charge in [-0.3, -0.25) is 4.79 Å². The largest absolute Gasteiger partial charge is 0.480 e. The maximum Gasteiger partial charge on any atom is 0.330 e. The van der Waals surface area contributed by atoms with Crippen molar-refractivity contribution in [2.24, 2.45) is 0 Å². The molecule has 0 spiro atoms. The second kappa shape index (κ2) is 8.01. The third kappa shape index (κ3) is 4.18. The number of sulfonamides is 1. The molecule has 1 N–H and O–H groups in total. The van der Waals surface area contributed by atoms with E-state index in [9.17, 15) is 23.1 Å². The summed E-state index contributed by atoms with van der Waals surface area (Å²) < 4.78 is 33.5. The van der Waals surface area contributed by atoms with Gasteiger partial charge in [-0.15, -0.1) is 0 Å². The van der Waals surface area contributed by atoms with Gasteiger partial charge in [0.25, 0.3) is 0 Å². The van der Waals surface area contributed by atoms with Crippen LogP contribution in [0.5, 0.6) is 11.5 Å². The molecule has 0 aliphatic carbocycles. The Morgan fingerprint density at radius 2 is 1.85 bits per heavy atom. The molecule has 142 valence electrons. The van der Waals surface area contributed by atoms with Gasteiger partial charge in [0.05, 0.1) is 0 Å². The minimum atomic E-state index is -4.26. The summed E-state index contributed by atoms with van der Waals surface area (Å²) in [7, 11) is -4.26. The molecule has 1 heterocycles. The Balaban J connectivity index is 2.00. The molecule has 0 radical (unpaired) electrons. The van der Waals surface area contributed by atoms with Crippen molar-refractivity contribution in [3.63, 3.8) is 0 Å². The van der Waals surface area contributed by atoms with E-state index in [0.717, 1.165) is 20.5 Å². The number of halogens is 1. The third-order valence-corrected chi connectivity index (χ3v) is 7.11. The number of para-hydroxylation sites is 1. The monoisotopic (exact) mass is 471 g/mol. The predicted molar refractivity (Wildman–Crippen MR) is 103 cm³/mol. The van der Waals surface area contributed by atoms with E-state index >= 15 is 0 Å². The van der Waals surface area contributed by atoms with Crippen molar-refractivity contribution in [2.75, 3.05) is 12.3 Å². The average molecular weight is 472 g/mol. The van der Waals surface area contributed by atoms with Crippen molar-refractivity contribution in [3.8, 4) is 11.5 Å². The molecule has 1 aliphatic rings. The maximum atomic E-state index is 13.1. The van der Waals surface area contributed by atoms with Crippen molar-refractivity contribution in [3.05, 3.63) is 53.0 Å². The van der Waals surface area contributed by atoms with E-state index in [1.165, 1.54) is 18.2 Å². The summed E-state index contributed by atoms with van der Waals surface area (Å²) in [5.74, 6) is -0.838. The number of aliphatic carboxylic acids is 1. The van der Waals surface area contributed by atoms with E-state index in [1.807, 2.05) is 0 Å². The van der Waals surface area contributed by atoms with Gasteiger partial charge in [-0.1, -0.05) is 39.8 Å². The van der Waals surface area contributed by atoms with Crippen LogP contribution in [0.15, 0.2) is 57.9 Å². The fraction of sp³-hybridized carbons (Fsp3) is 0.176. The first-order chi connectivity index (χ1) is 12.8. The molecular weight excluding hydrogens is 458 g/mol. The van der Waals surface area contributed by atoms with Crippen LogP contribution in [0.4, 0.5) is 0 Å². The number of rotatable bonds is 5. The number of hydrogen-bond acceptors (Lipinski definition) is 6. The molecule has 1 unspecified atom stereocenters. The van der Waals surface area contributed by atoms with E-state index in [-0.39, 0.29) is 22.9 Å². The normalized spacial score (nSPS) is 18.3. The number of benzene rings is 2. The Morgan fingerprint density at radius 1 is 1.19 bits per heavy atom. The first kappa shape index (κ1) is 19.9. The van der Waals surface area contributed by atoms with Gasteiger partial charge in [0.2, 0.25) is 15.1 Å². The van der Waals surface area contributed by atoms with Crippen LogP contribution in [0.3, 0.4) is 0 Å². The molecule has 0 aromatic heterocycles. The molecule has 0 amide bonds. The fourth-order valence-electron chi connectivity index (χ4n) is 2.55. The van der Waals surface area contributed by atoms with Crippen molar-refractivity contribution in [2.45, 2.75) is 10.9 Å². The molecule has 2 aromatic rings. The minimum Gasteiger partial charge on any atom is -0.480 e. The lowest BCUT2D eigenvalue weighted by Gasteiger charge is -2.30. The smallest absolute Gasteiger partial charge is 0.330 e. The van der Waals surface area contributed by atoms with Crippen LogP contribution in [0.1, 0.15) is 0 Å². The lowest BCUT2D eigenvalue weighted by molar-refractivity contribution is -0.144. The number of carboxylic acid groups (broad SMARTS) is 1. The van der Waals surface area contributed by atoms with Gasteiger partial charge in [-0.05, 0) is 36.4 Å². The second-order valence-electron chi connectivity index (χ2n) is 5.53. The Kier molecular flexibility index (Phi) is 5.89. The first-order valence-electron chi connectivity index (χ1n) is 7.74. The highest BCUT2D eigenvalue weighted by Gasteiger charge is 2.44. The zero-order chi connectivity index (χ0) is 19.6. The number of carboxylic acids is 1. The summed E-state index contributed by atoms with van der Waals surface area (Å²) in [6.07, 6.45) is 0. The van der Waals surface area contributed by atoms with Crippen LogP contribution in [0, 0.1) is 0 Å². The zero-order valence-electron chi connectivity index (χ0n) is 13.7. The summed E-state index contributed by atoms with van der Waals surface area (Å²) in [6.45, 7) is -0.0810.